The molecule has 11 heteroatoms. The number of fused-ring (bicyclic) bond motifs is 1. The van der Waals surface area contributed by atoms with Crippen LogP contribution in [0.1, 0.15) is 37.3 Å². The summed E-state index contributed by atoms with van der Waals surface area (Å²) in [5.41, 5.74) is 3.17. The van der Waals surface area contributed by atoms with E-state index in [1.165, 1.54) is 17.2 Å². The van der Waals surface area contributed by atoms with Gasteiger partial charge in [0.1, 0.15) is 16.9 Å². The first-order valence-electron chi connectivity index (χ1n) is 13.8. The highest BCUT2D eigenvalue weighted by molar-refractivity contribution is 7.16. The smallest absolute Gasteiger partial charge is 0.305 e. The number of hydrogen-bond acceptors (Lipinski definition) is 9. The second kappa shape index (κ2) is 11.7. The van der Waals surface area contributed by atoms with E-state index >= 15 is 0 Å². The molecule has 1 atom stereocenters. The maximum absolute atomic E-state index is 13.0. The van der Waals surface area contributed by atoms with Crippen LogP contribution in [0.25, 0.3) is 10.2 Å². The molecule has 0 saturated carbocycles. The number of thiazole rings is 1. The number of aliphatic hydroxyl groups is 1. The van der Waals surface area contributed by atoms with Gasteiger partial charge in [-0.15, -0.1) is 11.3 Å². The summed E-state index contributed by atoms with van der Waals surface area (Å²) in [6.07, 6.45) is 0.0206. The third-order valence-corrected chi connectivity index (χ3v) is 9.70. The van der Waals surface area contributed by atoms with Crippen molar-refractivity contribution in [2.24, 2.45) is 0 Å². The number of hydrogen-bond donors (Lipinski definition) is 4. The van der Waals surface area contributed by atoms with Crippen molar-refractivity contribution < 1.29 is 19.7 Å². The Morgan fingerprint density at radius 3 is 2.78 bits per heavy atom. The SMILES string of the molecule is Cc1ccc(C(=O)N2CCOC3(CN(Cc4cccc(CCNC[C@H](O)c5ccc(O)c6[nH]c(=O)sc56)c4)C3)C2)s1. The van der Waals surface area contributed by atoms with Gasteiger partial charge in [0.15, 0.2) is 0 Å². The molecular formula is C30H34N4O5S2. The molecule has 1 spiro atoms. The van der Waals surface area contributed by atoms with E-state index in [9.17, 15) is 19.8 Å². The van der Waals surface area contributed by atoms with Crippen LogP contribution in [-0.4, -0.2) is 82.4 Å². The van der Waals surface area contributed by atoms with Crippen molar-refractivity contribution in [3.05, 3.63) is 84.6 Å². The minimum absolute atomic E-state index is 0.00286. The van der Waals surface area contributed by atoms with Crippen molar-refractivity contribution in [3.8, 4) is 5.75 Å². The number of likely N-dealkylation sites (tertiary alicyclic amines) is 1. The maximum atomic E-state index is 13.0. The van der Waals surface area contributed by atoms with Crippen molar-refractivity contribution in [3.63, 3.8) is 0 Å². The van der Waals surface area contributed by atoms with Gasteiger partial charge in [-0.1, -0.05) is 41.7 Å². The lowest BCUT2D eigenvalue weighted by Gasteiger charge is -2.54. The molecular weight excluding hydrogens is 560 g/mol. The number of thiophene rings is 1. The number of aryl methyl sites for hydroxylation is 1. The Bertz CT molecular complexity index is 1610. The quantitative estimate of drug-likeness (QED) is 0.220. The highest BCUT2D eigenvalue weighted by atomic mass is 32.1. The fourth-order valence-electron chi connectivity index (χ4n) is 5.82. The Kier molecular flexibility index (Phi) is 7.99. The topological polar surface area (TPSA) is 118 Å². The number of amides is 1. The van der Waals surface area contributed by atoms with E-state index in [4.69, 9.17) is 4.74 Å². The van der Waals surface area contributed by atoms with E-state index < -0.39 is 6.10 Å². The van der Waals surface area contributed by atoms with Crippen molar-refractivity contribution in [2.75, 3.05) is 45.9 Å². The first-order valence-corrected chi connectivity index (χ1v) is 15.5. The van der Waals surface area contributed by atoms with E-state index in [0.29, 0.717) is 48.6 Å². The number of carbonyl (C=O) groups is 1. The molecule has 2 aromatic heterocycles. The number of rotatable bonds is 9. The van der Waals surface area contributed by atoms with Crippen molar-refractivity contribution in [1.29, 1.82) is 0 Å². The number of morpholine rings is 1. The zero-order valence-electron chi connectivity index (χ0n) is 22.9. The standard InChI is InChI=1S/C30H34N4O5S2/c1-19-5-8-25(40-19)28(37)34-11-12-39-30(18-34)16-33(17-30)15-21-4-2-3-20(13-21)9-10-31-14-24(36)22-6-7-23(35)26-27(22)41-29(38)32-26/h2-8,13,24,31,35-36H,9-12,14-18H2,1H3,(H,32,38)/t24-/m0/s1. The predicted octanol–water partition coefficient (Wildman–Crippen LogP) is 3.26. The van der Waals surface area contributed by atoms with Crippen molar-refractivity contribution in [2.45, 2.75) is 31.6 Å². The number of aliphatic hydroxyl groups excluding tert-OH is 1. The van der Waals surface area contributed by atoms with E-state index in [0.717, 1.165) is 47.1 Å². The van der Waals surface area contributed by atoms with E-state index in [1.807, 2.05) is 24.0 Å². The first kappa shape index (κ1) is 28.1. The zero-order valence-corrected chi connectivity index (χ0v) is 24.5. The van der Waals surface area contributed by atoms with Crippen LogP contribution in [-0.2, 0) is 17.7 Å². The molecule has 1 amide bonds. The zero-order chi connectivity index (χ0) is 28.6. The highest BCUT2D eigenvalue weighted by Gasteiger charge is 2.48. The number of carbonyl (C=O) groups excluding carboxylic acids is 1. The Labute approximate surface area is 246 Å². The molecule has 4 aromatic rings. The number of phenols is 1. The average molecular weight is 595 g/mol. The lowest BCUT2D eigenvalue weighted by molar-refractivity contribution is -0.178. The Hall–Kier alpha value is -3.06. The van der Waals surface area contributed by atoms with Crippen LogP contribution in [0.3, 0.4) is 0 Å². The van der Waals surface area contributed by atoms with Crippen LogP contribution < -0.4 is 10.2 Å². The summed E-state index contributed by atoms with van der Waals surface area (Å²) in [7, 11) is 0. The highest BCUT2D eigenvalue weighted by Crippen LogP contribution is 2.33. The molecule has 2 aromatic carbocycles. The third-order valence-electron chi connectivity index (χ3n) is 7.78. The summed E-state index contributed by atoms with van der Waals surface area (Å²) in [6, 6.07) is 15.6. The van der Waals surface area contributed by atoms with Crippen LogP contribution in [0.4, 0.5) is 0 Å². The number of nitrogens with one attached hydrogen (secondary N) is 2. The molecule has 0 aliphatic carbocycles. The molecule has 6 rings (SSSR count). The molecule has 4 heterocycles. The fraction of sp³-hybridized carbons (Fsp3) is 0.400. The lowest BCUT2D eigenvalue weighted by Crippen LogP contribution is -2.70. The molecule has 2 saturated heterocycles. The number of H-pyrrole nitrogens is 1. The normalized spacial score (nSPS) is 17.7. The van der Waals surface area contributed by atoms with Gasteiger partial charge in [-0.25, -0.2) is 0 Å². The van der Waals surface area contributed by atoms with Gasteiger partial charge >= 0.3 is 4.87 Å². The summed E-state index contributed by atoms with van der Waals surface area (Å²) in [6.45, 7) is 7.35. The largest absolute Gasteiger partial charge is 0.506 e. The third kappa shape index (κ3) is 6.11. The molecule has 2 aliphatic rings. The van der Waals surface area contributed by atoms with E-state index in [1.54, 1.807) is 17.4 Å². The molecule has 0 unspecified atom stereocenters. The first-order chi connectivity index (χ1) is 19.8. The Morgan fingerprint density at radius 2 is 1.98 bits per heavy atom. The number of phenolic OH excluding ortho intramolecular Hbond substituents is 1. The lowest BCUT2D eigenvalue weighted by atomic mass is 9.91. The molecule has 41 heavy (non-hydrogen) atoms. The second-order valence-electron chi connectivity index (χ2n) is 11.0. The average Bonchev–Trinajstić information content (AvgIpc) is 3.56. The van der Waals surface area contributed by atoms with Gasteiger partial charge in [0.2, 0.25) is 0 Å². The van der Waals surface area contributed by atoms with Crippen LogP contribution in [0.15, 0.2) is 53.3 Å². The Balaban J connectivity index is 0.972. The number of aromatic hydroxyl groups is 1. The molecule has 9 nitrogen and oxygen atoms in total. The molecule has 0 bridgehead atoms. The summed E-state index contributed by atoms with van der Waals surface area (Å²) >= 11 is 2.54. The van der Waals surface area contributed by atoms with Gasteiger partial charge in [0, 0.05) is 43.2 Å². The second-order valence-corrected chi connectivity index (χ2v) is 13.3. The minimum atomic E-state index is -0.794. The molecule has 0 radical (unpaired) electrons. The maximum Gasteiger partial charge on any atom is 0.305 e. The molecule has 4 N–H and O–H groups in total. The minimum Gasteiger partial charge on any atom is -0.506 e. The fourth-order valence-corrected chi connectivity index (χ4v) is 7.57. The van der Waals surface area contributed by atoms with Gasteiger partial charge < -0.3 is 30.2 Å². The van der Waals surface area contributed by atoms with Gasteiger partial charge in [-0.3, -0.25) is 14.5 Å². The van der Waals surface area contributed by atoms with Gasteiger partial charge in [-0.2, -0.15) is 0 Å². The molecule has 2 aliphatic heterocycles. The van der Waals surface area contributed by atoms with Crippen molar-refractivity contribution >= 4 is 38.8 Å². The summed E-state index contributed by atoms with van der Waals surface area (Å²) in [5.74, 6) is 0.110. The number of aromatic amines is 1. The van der Waals surface area contributed by atoms with Gasteiger partial charge in [0.25, 0.3) is 5.91 Å². The van der Waals surface area contributed by atoms with Crippen LogP contribution >= 0.6 is 22.7 Å². The summed E-state index contributed by atoms with van der Waals surface area (Å²) < 4.78 is 6.76. The van der Waals surface area contributed by atoms with Crippen LogP contribution in [0.2, 0.25) is 0 Å². The van der Waals surface area contributed by atoms with E-state index in [-0.39, 0.29) is 22.1 Å². The number of aromatic nitrogens is 1. The number of benzene rings is 2. The molecule has 2 fully saturated rings. The molecule has 216 valence electrons. The van der Waals surface area contributed by atoms with Crippen LogP contribution in [0.5, 0.6) is 5.75 Å². The van der Waals surface area contributed by atoms with Crippen LogP contribution in [0, 0.1) is 6.92 Å². The number of nitrogens with zero attached hydrogens (tertiary/aromatic N) is 2. The Morgan fingerprint density at radius 1 is 1.15 bits per heavy atom. The van der Waals surface area contributed by atoms with E-state index in [2.05, 4.69) is 39.5 Å². The van der Waals surface area contributed by atoms with Crippen molar-refractivity contribution in [1.82, 2.24) is 20.1 Å². The van der Waals surface area contributed by atoms with Gasteiger partial charge in [-0.05, 0) is 49.2 Å². The van der Waals surface area contributed by atoms with Gasteiger partial charge in [0.05, 0.1) is 28.8 Å². The monoisotopic (exact) mass is 594 g/mol. The number of ether oxygens (including phenoxy) is 1. The summed E-state index contributed by atoms with van der Waals surface area (Å²) in [5, 5.41) is 24.0. The summed E-state index contributed by atoms with van der Waals surface area (Å²) in [4.78, 5) is 33.3. The predicted molar refractivity (Wildman–Crippen MR) is 161 cm³/mol.